The summed E-state index contributed by atoms with van der Waals surface area (Å²) in [7, 11) is -4.02. The monoisotopic (exact) mass is 344 g/mol. The minimum absolute atomic E-state index is 0.0274. The van der Waals surface area contributed by atoms with Crippen molar-refractivity contribution >= 4 is 38.9 Å². The molecule has 0 saturated heterocycles. The van der Waals surface area contributed by atoms with Gasteiger partial charge >= 0.3 is 0 Å². The van der Waals surface area contributed by atoms with E-state index in [1.165, 1.54) is 24.3 Å². The minimum atomic E-state index is -4.02. The van der Waals surface area contributed by atoms with E-state index < -0.39 is 15.8 Å². The summed E-state index contributed by atoms with van der Waals surface area (Å²) in [6.45, 7) is 0. The number of rotatable bonds is 3. The lowest BCUT2D eigenvalue weighted by Crippen LogP contribution is -2.13. The molecule has 0 bridgehead atoms. The van der Waals surface area contributed by atoms with Crippen LogP contribution < -0.4 is 4.72 Å². The molecule has 0 unspecified atom stereocenters. The lowest BCUT2D eigenvalue weighted by molar-refractivity contribution is 0.601. The van der Waals surface area contributed by atoms with Crippen LogP contribution in [0.15, 0.2) is 41.3 Å². The Morgan fingerprint density at radius 3 is 2.43 bits per heavy atom. The largest absolute Gasteiger partial charge is 0.279 e. The van der Waals surface area contributed by atoms with Gasteiger partial charge in [-0.15, -0.1) is 0 Å². The van der Waals surface area contributed by atoms with Gasteiger partial charge in [0.1, 0.15) is 10.7 Å². The highest BCUT2D eigenvalue weighted by atomic mass is 35.5. The molecule has 2 aromatic rings. The molecule has 0 fully saturated rings. The molecule has 0 saturated carbocycles. The molecule has 0 radical (unpaired) electrons. The number of hydrogen-bond acceptors (Lipinski definition) is 3. The summed E-state index contributed by atoms with van der Waals surface area (Å²) in [5.74, 6) is -0.675. The van der Waals surface area contributed by atoms with Crippen LogP contribution in [0.4, 0.5) is 10.1 Å². The van der Waals surface area contributed by atoms with Gasteiger partial charge in [-0.05, 0) is 36.4 Å². The Kier molecular flexibility index (Phi) is 4.37. The Bertz CT molecular complexity index is 827. The quantitative estimate of drug-likeness (QED) is 0.920. The van der Waals surface area contributed by atoms with Gasteiger partial charge in [-0.1, -0.05) is 23.2 Å². The van der Waals surface area contributed by atoms with Gasteiger partial charge in [0, 0.05) is 5.02 Å². The molecule has 2 rings (SSSR count). The molecule has 0 aliphatic heterocycles. The average molecular weight is 345 g/mol. The van der Waals surface area contributed by atoms with Crippen molar-refractivity contribution in [3.8, 4) is 6.07 Å². The topological polar surface area (TPSA) is 70.0 Å². The van der Waals surface area contributed by atoms with Crippen molar-refractivity contribution in [3.05, 3.63) is 57.8 Å². The smallest absolute Gasteiger partial charge is 0.263 e. The average Bonchev–Trinajstić information content (AvgIpc) is 2.36. The summed E-state index contributed by atoms with van der Waals surface area (Å²) >= 11 is 11.5. The molecule has 0 aliphatic rings. The van der Waals surface area contributed by atoms with Crippen LogP contribution >= 0.6 is 23.2 Å². The van der Waals surface area contributed by atoms with E-state index in [1.54, 1.807) is 0 Å². The molecule has 1 N–H and O–H groups in total. The van der Waals surface area contributed by atoms with Gasteiger partial charge in [-0.2, -0.15) is 5.26 Å². The molecule has 4 nitrogen and oxygen atoms in total. The lowest BCUT2D eigenvalue weighted by Gasteiger charge is -2.10. The van der Waals surface area contributed by atoms with E-state index in [4.69, 9.17) is 28.5 Å². The number of nitriles is 1. The molecule has 21 heavy (non-hydrogen) atoms. The van der Waals surface area contributed by atoms with Gasteiger partial charge in [0.15, 0.2) is 0 Å². The molecule has 108 valence electrons. The van der Waals surface area contributed by atoms with Gasteiger partial charge in [0.25, 0.3) is 10.0 Å². The number of anilines is 1. The van der Waals surface area contributed by atoms with Crippen LogP contribution in [0, 0.1) is 17.1 Å². The van der Waals surface area contributed by atoms with Crippen LogP contribution in [-0.4, -0.2) is 8.42 Å². The first-order valence-corrected chi connectivity index (χ1v) is 7.74. The summed E-state index contributed by atoms with van der Waals surface area (Å²) in [5.41, 5.74) is 0.202. The zero-order valence-electron chi connectivity index (χ0n) is 10.3. The molecule has 8 heteroatoms. The number of halogens is 3. The Morgan fingerprint density at radius 1 is 1.14 bits per heavy atom. The molecule has 0 spiro atoms. The van der Waals surface area contributed by atoms with Crippen molar-refractivity contribution in [1.82, 2.24) is 0 Å². The second-order valence-electron chi connectivity index (χ2n) is 4.02. The SMILES string of the molecule is N#Cc1ccc(S(=O)(=O)Nc2cc(F)cc(Cl)c2)c(Cl)c1. The lowest BCUT2D eigenvalue weighted by atomic mass is 10.2. The highest BCUT2D eigenvalue weighted by molar-refractivity contribution is 7.92. The van der Waals surface area contributed by atoms with Crippen LogP contribution in [0.1, 0.15) is 5.56 Å². The van der Waals surface area contributed by atoms with Crippen molar-refractivity contribution in [3.63, 3.8) is 0 Å². The van der Waals surface area contributed by atoms with Gasteiger partial charge < -0.3 is 0 Å². The van der Waals surface area contributed by atoms with E-state index >= 15 is 0 Å². The molecule has 0 aromatic heterocycles. The van der Waals surface area contributed by atoms with E-state index in [1.807, 2.05) is 6.07 Å². The summed E-state index contributed by atoms with van der Waals surface area (Å²) in [6.07, 6.45) is 0. The van der Waals surface area contributed by atoms with E-state index in [0.29, 0.717) is 0 Å². The Morgan fingerprint density at radius 2 is 1.86 bits per heavy atom. The first-order chi connectivity index (χ1) is 9.81. The molecule has 0 amide bonds. The summed E-state index contributed by atoms with van der Waals surface area (Å²) in [6, 6.07) is 8.89. The third kappa shape index (κ3) is 3.64. The highest BCUT2D eigenvalue weighted by Gasteiger charge is 2.19. The predicted molar refractivity (Wildman–Crippen MR) is 78.4 cm³/mol. The molecule has 2 aromatic carbocycles. The van der Waals surface area contributed by atoms with Crippen molar-refractivity contribution in [2.45, 2.75) is 4.90 Å². The number of benzene rings is 2. The molecule has 0 heterocycles. The van der Waals surface area contributed by atoms with Crippen molar-refractivity contribution in [2.24, 2.45) is 0 Å². The number of sulfonamides is 1. The van der Waals surface area contributed by atoms with E-state index in [0.717, 1.165) is 12.1 Å². The molecule has 0 atom stereocenters. The third-order valence-corrected chi connectivity index (χ3v) is 4.55. The van der Waals surface area contributed by atoms with Crippen LogP contribution in [0.5, 0.6) is 0 Å². The number of nitrogens with zero attached hydrogens (tertiary/aromatic N) is 1. The predicted octanol–water partition coefficient (Wildman–Crippen LogP) is 3.80. The third-order valence-electron chi connectivity index (χ3n) is 2.47. The zero-order chi connectivity index (χ0) is 15.6. The number of nitrogens with one attached hydrogen (secondary N) is 1. The highest BCUT2D eigenvalue weighted by Crippen LogP contribution is 2.26. The van der Waals surface area contributed by atoms with Crippen LogP contribution in [0.2, 0.25) is 10.0 Å². The molecule has 0 aliphatic carbocycles. The maximum absolute atomic E-state index is 13.2. The van der Waals surface area contributed by atoms with Gasteiger partial charge in [-0.25, -0.2) is 12.8 Å². The maximum atomic E-state index is 13.2. The van der Waals surface area contributed by atoms with E-state index in [-0.39, 0.29) is 26.2 Å². The van der Waals surface area contributed by atoms with Crippen molar-refractivity contribution < 1.29 is 12.8 Å². The number of hydrogen-bond donors (Lipinski definition) is 1. The van der Waals surface area contributed by atoms with E-state index in [9.17, 15) is 12.8 Å². The fourth-order valence-corrected chi connectivity index (χ4v) is 3.42. The van der Waals surface area contributed by atoms with E-state index in [2.05, 4.69) is 4.72 Å². The zero-order valence-corrected chi connectivity index (χ0v) is 12.6. The first kappa shape index (κ1) is 15.6. The standard InChI is InChI=1S/C13H7Cl2FN2O2S/c14-9-4-10(16)6-11(5-9)18-21(19,20)13-2-1-8(7-17)3-12(13)15/h1-6,18H. The van der Waals surface area contributed by atoms with Crippen LogP contribution in [0.25, 0.3) is 0 Å². The summed E-state index contributed by atoms with van der Waals surface area (Å²) in [4.78, 5) is -0.219. The Hall–Kier alpha value is -1.81. The summed E-state index contributed by atoms with van der Waals surface area (Å²) in [5, 5.41) is 8.67. The maximum Gasteiger partial charge on any atom is 0.263 e. The van der Waals surface area contributed by atoms with Crippen LogP contribution in [0.3, 0.4) is 0 Å². The molecular weight excluding hydrogens is 338 g/mol. The fourth-order valence-electron chi connectivity index (χ4n) is 1.61. The second kappa shape index (κ2) is 5.90. The normalized spacial score (nSPS) is 11.0. The second-order valence-corrected chi connectivity index (χ2v) is 6.52. The van der Waals surface area contributed by atoms with Gasteiger partial charge in [0.2, 0.25) is 0 Å². The minimum Gasteiger partial charge on any atom is -0.279 e. The first-order valence-electron chi connectivity index (χ1n) is 5.50. The van der Waals surface area contributed by atoms with Crippen LogP contribution in [-0.2, 0) is 10.0 Å². The summed E-state index contributed by atoms with van der Waals surface area (Å²) < 4.78 is 39.8. The van der Waals surface area contributed by atoms with Gasteiger partial charge in [-0.3, -0.25) is 4.72 Å². The van der Waals surface area contributed by atoms with Gasteiger partial charge in [0.05, 0.1) is 22.3 Å². The fraction of sp³-hybridized carbons (Fsp3) is 0. The Balaban J connectivity index is 2.41. The molecular formula is C13H7Cl2FN2O2S. The Labute approximate surface area is 130 Å². The van der Waals surface area contributed by atoms with Crippen molar-refractivity contribution in [1.29, 1.82) is 5.26 Å². The van der Waals surface area contributed by atoms with Crippen molar-refractivity contribution in [2.75, 3.05) is 4.72 Å².